The molecule has 0 spiro atoms. The summed E-state index contributed by atoms with van der Waals surface area (Å²) in [6.45, 7) is 1.04. The van der Waals surface area contributed by atoms with Crippen LogP contribution in [0, 0.1) is 5.82 Å². The van der Waals surface area contributed by atoms with Gasteiger partial charge in [0.15, 0.2) is 0 Å². The van der Waals surface area contributed by atoms with E-state index in [1.54, 1.807) is 0 Å². The van der Waals surface area contributed by atoms with E-state index in [0.29, 0.717) is 26.1 Å². The average Bonchev–Trinajstić information content (AvgIpc) is 2.40. The van der Waals surface area contributed by atoms with Crippen molar-refractivity contribution in [1.82, 2.24) is 5.32 Å². The first kappa shape index (κ1) is 13.8. The lowest BCUT2D eigenvalue weighted by Gasteiger charge is -2.32. The lowest BCUT2D eigenvalue weighted by molar-refractivity contribution is -0.0605. The van der Waals surface area contributed by atoms with Crippen molar-refractivity contribution in [2.24, 2.45) is 0 Å². The van der Waals surface area contributed by atoms with E-state index in [1.807, 2.05) is 0 Å². The van der Waals surface area contributed by atoms with Gasteiger partial charge < -0.3 is 20.9 Å². The van der Waals surface area contributed by atoms with Crippen LogP contribution in [0.15, 0.2) is 18.2 Å². The lowest BCUT2D eigenvalue weighted by Crippen LogP contribution is -2.46. The minimum atomic E-state index is -0.962. The number of carbonyl (C=O) groups is 1. The van der Waals surface area contributed by atoms with Gasteiger partial charge in [-0.1, -0.05) is 6.07 Å². The van der Waals surface area contributed by atoms with Gasteiger partial charge in [0.1, 0.15) is 5.82 Å². The molecule has 4 N–H and O–H groups in total. The molecular weight excluding hydrogens is 251 g/mol. The largest absolute Gasteiger partial charge is 0.396 e. The number of halogens is 1. The quantitative estimate of drug-likeness (QED) is 0.704. The Bertz CT molecular complexity index is 473. The molecule has 0 aliphatic carbocycles. The molecule has 1 saturated heterocycles. The molecule has 0 atom stereocenters. The van der Waals surface area contributed by atoms with E-state index in [1.165, 1.54) is 18.2 Å². The minimum Gasteiger partial charge on any atom is -0.396 e. The molecule has 2 rings (SSSR count). The van der Waals surface area contributed by atoms with Crippen LogP contribution in [0.3, 0.4) is 0 Å². The fourth-order valence-corrected chi connectivity index (χ4v) is 2.00. The molecule has 19 heavy (non-hydrogen) atoms. The molecule has 5 nitrogen and oxygen atoms in total. The third-order valence-electron chi connectivity index (χ3n) is 3.30. The topological polar surface area (TPSA) is 84.6 Å². The van der Waals surface area contributed by atoms with Crippen LogP contribution in [0.25, 0.3) is 0 Å². The van der Waals surface area contributed by atoms with Gasteiger partial charge in [-0.2, -0.15) is 0 Å². The zero-order chi connectivity index (χ0) is 13.9. The van der Waals surface area contributed by atoms with E-state index in [9.17, 15) is 14.3 Å². The van der Waals surface area contributed by atoms with Crippen molar-refractivity contribution in [1.29, 1.82) is 0 Å². The predicted molar refractivity (Wildman–Crippen MR) is 68.1 cm³/mol. The van der Waals surface area contributed by atoms with E-state index >= 15 is 0 Å². The third kappa shape index (κ3) is 3.21. The maximum absolute atomic E-state index is 13.2. The molecule has 1 aliphatic heterocycles. The van der Waals surface area contributed by atoms with Crippen LogP contribution in [0.4, 0.5) is 10.1 Å². The minimum absolute atomic E-state index is 0.0793. The van der Waals surface area contributed by atoms with Crippen LogP contribution in [-0.2, 0) is 4.74 Å². The predicted octanol–water partition coefficient (Wildman–Crippen LogP) is 0.679. The number of carbonyl (C=O) groups excluding carboxylic acids is 1. The molecule has 0 aromatic heterocycles. The number of nitrogen functional groups attached to an aromatic ring is 1. The zero-order valence-electron chi connectivity index (χ0n) is 10.5. The summed E-state index contributed by atoms with van der Waals surface area (Å²) < 4.78 is 18.4. The summed E-state index contributed by atoms with van der Waals surface area (Å²) in [5.41, 5.74) is 4.44. The van der Waals surface area contributed by atoms with Crippen LogP contribution in [0.2, 0.25) is 0 Å². The highest BCUT2D eigenvalue weighted by Crippen LogP contribution is 2.20. The van der Waals surface area contributed by atoms with Gasteiger partial charge in [0, 0.05) is 32.6 Å². The summed E-state index contributed by atoms with van der Waals surface area (Å²) in [6, 6.07) is 4.06. The summed E-state index contributed by atoms with van der Waals surface area (Å²) in [5, 5.41) is 12.8. The number of nitrogens with two attached hydrogens (primary N) is 1. The van der Waals surface area contributed by atoms with E-state index in [4.69, 9.17) is 10.5 Å². The highest BCUT2D eigenvalue weighted by molar-refractivity contribution is 5.99. The fraction of sp³-hybridized carbons (Fsp3) is 0.462. The number of hydrogen-bond acceptors (Lipinski definition) is 4. The number of hydrogen-bond donors (Lipinski definition) is 3. The first-order valence-electron chi connectivity index (χ1n) is 6.14. The summed E-state index contributed by atoms with van der Waals surface area (Å²) in [6.07, 6.45) is 0.928. The highest BCUT2D eigenvalue weighted by atomic mass is 19.1. The molecule has 0 saturated carbocycles. The van der Waals surface area contributed by atoms with Crippen LogP contribution in [-0.4, -0.2) is 36.4 Å². The summed E-state index contributed by atoms with van der Waals surface area (Å²) in [4.78, 5) is 11.9. The molecule has 1 amide bonds. The first-order chi connectivity index (χ1) is 9.02. The Morgan fingerprint density at radius 2 is 2.16 bits per heavy atom. The van der Waals surface area contributed by atoms with E-state index in [-0.39, 0.29) is 17.8 Å². The number of ether oxygens (including phenoxy) is 1. The Balaban J connectivity index is 1.99. The number of rotatable bonds is 3. The maximum Gasteiger partial charge on any atom is 0.253 e. The number of amides is 1. The van der Waals surface area contributed by atoms with E-state index < -0.39 is 17.3 Å². The van der Waals surface area contributed by atoms with Gasteiger partial charge in [-0.3, -0.25) is 4.79 Å². The van der Waals surface area contributed by atoms with Crippen molar-refractivity contribution in [3.63, 3.8) is 0 Å². The van der Waals surface area contributed by atoms with Crippen molar-refractivity contribution in [2.45, 2.75) is 18.4 Å². The summed E-state index contributed by atoms with van der Waals surface area (Å²) >= 11 is 0. The van der Waals surface area contributed by atoms with Gasteiger partial charge in [-0.05, 0) is 12.1 Å². The van der Waals surface area contributed by atoms with Crippen molar-refractivity contribution in [3.05, 3.63) is 29.6 Å². The average molecular weight is 268 g/mol. The van der Waals surface area contributed by atoms with E-state index in [2.05, 4.69) is 5.32 Å². The Morgan fingerprint density at radius 1 is 1.47 bits per heavy atom. The van der Waals surface area contributed by atoms with Gasteiger partial charge in [-0.15, -0.1) is 0 Å². The van der Waals surface area contributed by atoms with Crippen molar-refractivity contribution >= 4 is 11.6 Å². The SMILES string of the molecule is Nc1c(F)cccc1C(=O)NCC1(O)CCOCC1. The second kappa shape index (κ2) is 5.54. The Morgan fingerprint density at radius 3 is 2.84 bits per heavy atom. The third-order valence-corrected chi connectivity index (χ3v) is 3.30. The van der Waals surface area contributed by atoms with Gasteiger partial charge >= 0.3 is 0 Å². The van der Waals surface area contributed by atoms with Crippen LogP contribution >= 0.6 is 0 Å². The van der Waals surface area contributed by atoms with E-state index in [0.717, 1.165) is 0 Å². The number of nitrogens with one attached hydrogen (secondary N) is 1. The van der Waals surface area contributed by atoms with Crippen LogP contribution in [0.1, 0.15) is 23.2 Å². The van der Waals surface area contributed by atoms with Gasteiger partial charge in [0.05, 0.1) is 16.9 Å². The number of benzene rings is 1. The Hall–Kier alpha value is -1.66. The molecule has 1 aromatic rings. The molecule has 0 unspecified atom stereocenters. The lowest BCUT2D eigenvalue weighted by atomic mass is 9.94. The van der Waals surface area contributed by atoms with Crippen LogP contribution in [0.5, 0.6) is 0 Å². The molecule has 1 aromatic carbocycles. The maximum atomic E-state index is 13.2. The standard InChI is InChI=1S/C13H17FN2O3/c14-10-3-1-2-9(11(10)15)12(17)16-8-13(18)4-6-19-7-5-13/h1-3,18H,4-8,15H2,(H,16,17). The first-order valence-corrected chi connectivity index (χ1v) is 6.14. The highest BCUT2D eigenvalue weighted by Gasteiger charge is 2.30. The van der Waals surface area contributed by atoms with Gasteiger partial charge in [-0.25, -0.2) is 4.39 Å². The van der Waals surface area contributed by atoms with Gasteiger partial charge in [0.2, 0.25) is 0 Å². The number of para-hydroxylation sites is 1. The molecule has 1 fully saturated rings. The van der Waals surface area contributed by atoms with Crippen molar-refractivity contribution < 1.29 is 19.0 Å². The van der Waals surface area contributed by atoms with Crippen molar-refractivity contribution in [2.75, 3.05) is 25.5 Å². The monoisotopic (exact) mass is 268 g/mol. The molecule has 1 aliphatic rings. The molecule has 0 radical (unpaired) electrons. The van der Waals surface area contributed by atoms with Gasteiger partial charge in [0.25, 0.3) is 5.91 Å². The normalized spacial score (nSPS) is 18.0. The second-order valence-corrected chi connectivity index (χ2v) is 4.72. The van der Waals surface area contributed by atoms with Crippen molar-refractivity contribution in [3.8, 4) is 0 Å². The molecular formula is C13H17FN2O3. The summed E-state index contributed by atoms with van der Waals surface area (Å²) in [7, 11) is 0. The Labute approximate surface area is 110 Å². The molecule has 6 heteroatoms. The molecule has 0 bridgehead atoms. The fourth-order valence-electron chi connectivity index (χ4n) is 2.00. The smallest absolute Gasteiger partial charge is 0.253 e. The zero-order valence-corrected chi connectivity index (χ0v) is 10.5. The number of anilines is 1. The second-order valence-electron chi connectivity index (χ2n) is 4.72. The molecule has 1 heterocycles. The Kier molecular flexibility index (Phi) is 4.01. The number of aliphatic hydroxyl groups is 1. The molecule has 104 valence electrons. The summed E-state index contributed by atoms with van der Waals surface area (Å²) in [5.74, 6) is -1.12. The van der Waals surface area contributed by atoms with Crippen LogP contribution < -0.4 is 11.1 Å².